The van der Waals surface area contributed by atoms with Crippen LogP contribution in [0.1, 0.15) is 23.7 Å². The monoisotopic (exact) mass is 237 g/mol. The van der Waals surface area contributed by atoms with Gasteiger partial charge < -0.3 is 5.32 Å². The van der Waals surface area contributed by atoms with Crippen LogP contribution in [0.2, 0.25) is 0 Å². The fraction of sp³-hybridized carbons (Fsp3) is 0.333. The van der Waals surface area contributed by atoms with Gasteiger partial charge in [-0.3, -0.25) is 9.59 Å². The number of carbonyl (C=O) groups is 2. The van der Waals surface area contributed by atoms with E-state index in [-0.39, 0.29) is 5.91 Å². The van der Waals surface area contributed by atoms with Crippen molar-refractivity contribution in [1.82, 2.24) is 5.32 Å². The van der Waals surface area contributed by atoms with E-state index in [9.17, 15) is 9.59 Å². The molecule has 0 spiro atoms. The third-order valence-corrected chi connectivity index (χ3v) is 2.96. The molecule has 3 nitrogen and oxygen atoms in total. The van der Waals surface area contributed by atoms with Crippen LogP contribution in [0.5, 0.6) is 0 Å². The zero-order valence-corrected chi connectivity index (χ0v) is 10.0. The van der Waals surface area contributed by atoms with Gasteiger partial charge in [0.2, 0.25) is 5.91 Å². The number of aldehydes is 1. The van der Waals surface area contributed by atoms with Crippen molar-refractivity contribution in [1.29, 1.82) is 0 Å². The van der Waals surface area contributed by atoms with Gasteiger partial charge in [-0.25, -0.2) is 0 Å². The highest BCUT2D eigenvalue weighted by atomic mass is 32.2. The lowest BCUT2D eigenvalue weighted by atomic mass is 10.2. The largest absolute Gasteiger partial charge is 0.356 e. The predicted octanol–water partition coefficient (Wildman–Crippen LogP) is 2.12. The van der Waals surface area contributed by atoms with Crippen LogP contribution in [0.3, 0.4) is 0 Å². The second kappa shape index (κ2) is 7.06. The number of benzene rings is 1. The molecule has 0 bridgehead atoms. The summed E-state index contributed by atoms with van der Waals surface area (Å²) in [5.74, 6) is 0.801. The molecule has 0 heterocycles. The fourth-order valence-electron chi connectivity index (χ4n) is 1.22. The maximum absolute atomic E-state index is 11.2. The molecule has 0 unspecified atom stereocenters. The van der Waals surface area contributed by atoms with Gasteiger partial charge in [0.25, 0.3) is 0 Å². The van der Waals surface area contributed by atoms with Crippen molar-refractivity contribution in [3.05, 3.63) is 29.8 Å². The fourth-order valence-corrected chi connectivity index (χ4v) is 2.14. The Hall–Kier alpha value is -1.29. The van der Waals surface area contributed by atoms with Crippen molar-refractivity contribution in [2.75, 3.05) is 12.3 Å². The van der Waals surface area contributed by atoms with E-state index in [0.29, 0.717) is 18.5 Å². The Morgan fingerprint density at radius 2 is 2.31 bits per heavy atom. The van der Waals surface area contributed by atoms with Gasteiger partial charge in [-0.1, -0.05) is 12.1 Å². The Morgan fingerprint density at radius 3 is 3.00 bits per heavy atom. The summed E-state index contributed by atoms with van der Waals surface area (Å²) < 4.78 is 0. The molecule has 1 aromatic rings. The minimum Gasteiger partial charge on any atom is -0.356 e. The Kier molecular flexibility index (Phi) is 5.64. The van der Waals surface area contributed by atoms with Crippen molar-refractivity contribution in [3.63, 3.8) is 0 Å². The smallest absolute Gasteiger partial charge is 0.220 e. The predicted molar refractivity (Wildman–Crippen MR) is 65.9 cm³/mol. The summed E-state index contributed by atoms with van der Waals surface area (Å²) in [7, 11) is 0. The van der Waals surface area contributed by atoms with Gasteiger partial charge in [0, 0.05) is 29.2 Å². The topological polar surface area (TPSA) is 46.2 Å². The molecule has 0 aliphatic rings. The van der Waals surface area contributed by atoms with Crippen LogP contribution in [0.4, 0.5) is 0 Å². The lowest BCUT2D eigenvalue weighted by molar-refractivity contribution is -0.120. The molecule has 1 amide bonds. The summed E-state index contributed by atoms with van der Waals surface area (Å²) in [6.45, 7) is 2.57. The third kappa shape index (κ3) is 4.49. The highest BCUT2D eigenvalue weighted by Gasteiger charge is 2.00. The molecule has 0 aromatic heterocycles. The van der Waals surface area contributed by atoms with Crippen LogP contribution in [0, 0.1) is 0 Å². The number of thioether (sulfide) groups is 1. The number of carbonyl (C=O) groups excluding carboxylic acids is 2. The number of rotatable bonds is 6. The lowest BCUT2D eigenvalue weighted by Crippen LogP contribution is -2.22. The van der Waals surface area contributed by atoms with E-state index in [2.05, 4.69) is 5.32 Å². The highest BCUT2D eigenvalue weighted by molar-refractivity contribution is 7.99. The van der Waals surface area contributed by atoms with Gasteiger partial charge in [0.05, 0.1) is 0 Å². The molecule has 0 aliphatic heterocycles. The highest BCUT2D eigenvalue weighted by Crippen LogP contribution is 2.19. The second-order valence-corrected chi connectivity index (χ2v) is 4.41. The molecule has 0 aliphatic carbocycles. The van der Waals surface area contributed by atoms with Crippen molar-refractivity contribution >= 4 is 24.0 Å². The molecule has 86 valence electrons. The lowest BCUT2D eigenvalue weighted by Gasteiger charge is -2.02. The molecule has 0 radical (unpaired) electrons. The van der Waals surface area contributed by atoms with Gasteiger partial charge in [-0.15, -0.1) is 11.8 Å². The zero-order valence-electron chi connectivity index (χ0n) is 9.23. The number of hydrogen-bond acceptors (Lipinski definition) is 3. The molecule has 0 saturated heterocycles. The van der Waals surface area contributed by atoms with Crippen molar-refractivity contribution in [2.45, 2.75) is 18.2 Å². The molecule has 4 heteroatoms. The summed E-state index contributed by atoms with van der Waals surface area (Å²) in [6, 6.07) is 7.38. The number of amides is 1. The third-order valence-electron chi connectivity index (χ3n) is 1.97. The van der Waals surface area contributed by atoms with Crippen molar-refractivity contribution in [3.8, 4) is 0 Å². The van der Waals surface area contributed by atoms with E-state index in [1.54, 1.807) is 17.8 Å². The van der Waals surface area contributed by atoms with E-state index < -0.39 is 0 Å². The standard InChI is InChI=1S/C12H15NO2S/c1-2-13-12(15)6-7-16-11-5-3-4-10(8-11)9-14/h3-5,8-9H,2,6-7H2,1H3,(H,13,15). The van der Waals surface area contributed by atoms with Crippen molar-refractivity contribution in [2.24, 2.45) is 0 Å². The van der Waals surface area contributed by atoms with E-state index in [1.165, 1.54) is 0 Å². The quantitative estimate of drug-likeness (QED) is 0.609. The minimum atomic E-state index is 0.0709. The Bertz CT molecular complexity index is 366. The molecular formula is C12H15NO2S. The molecule has 1 N–H and O–H groups in total. The molecule has 0 fully saturated rings. The number of hydrogen-bond donors (Lipinski definition) is 1. The molecule has 1 rings (SSSR count). The maximum Gasteiger partial charge on any atom is 0.220 e. The first-order valence-electron chi connectivity index (χ1n) is 5.21. The van der Waals surface area contributed by atoms with E-state index in [4.69, 9.17) is 0 Å². The van der Waals surface area contributed by atoms with Crippen LogP contribution in [-0.2, 0) is 4.79 Å². The van der Waals surface area contributed by atoms with Crippen LogP contribution < -0.4 is 5.32 Å². The van der Waals surface area contributed by atoms with Crippen LogP contribution >= 0.6 is 11.8 Å². The first kappa shape index (κ1) is 12.8. The summed E-state index contributed by atoms with van der Waals surface area (Å²) in [4.78, 5) is 22.8. The molecule has 0 atom stereocenters. The average molecular weight is 237 g/mol. The summed E-state index contributed by atoms with van der Waals surface area (Å²) in [6.07, 6.45) is 1.33. The Balaban J connectivity index is 2.36. The van der Waals surface area contributed by atoms with Gasteiger partial charge in [-0.05, 0) is 19.1 Å². The van der Waals surface area contributed by atoms with Crippen LogP contribution in [0.15, 0.2) is 29.2 Å². The van der Waals surface area contributed by atoms with Gasteiger partial charge in [0.1, 0.15) is 6.29 Å². The summed E-state index contributed by atoms with van der Waals surface area (Å²) in [5, 5.41) is 2.75. The minimum absolute atomic E-state index is 0.0709. The first-order chi connectivity index (χ1) is 7.76. The zero-order chi connectivity index (χ0) is 11.8. The maximum atomic E-state index is 11.2. The summed E-state index contributed by atoms with van der Waals surface area (Å²) in [5.41, 5.74) is 0.669. The van der Waals surface area contributed by atoms with E-state index in [1.807, 2.05) is 25.1 Å². The number of nitrogens with one attached hydrogen (secondary N) is 1. The molecular weight excluding hydrogens is 222 g/mol. The molecule has 16 heavy (non-hydrogen) atoms. The SMILES string of the molecule is CCNC(=O)CCSc1cccc(C=O)c1. The van der Waals surface area contributed by atoms with Gasteiger partial charge in [-0.2, -0.15) is 0 Å². The van der Waals surface area contributed by atoms with Gasteiger partial charge >= 0.3 is 0 Å². The molecule has 1 aromatic carbocycles. The second-order valence-electron chi connectivity index (χ2n) is 3.24. The van der Waals surface area contributed by atoms with Crippen molar-refractivity contribution < 1.29 is 9.59 Å². The molecule has 0 saturated carbocycles. The summed E-state index contributed by atoms with van der Waals surface area (Å²) >= 11 is 1.58. The Morgan fingerprint density at radius 1 is 1.50 bits per heavy atom. The van der Waals surface area contributed by atoms with E-state index in [0.717, 1.165) is 16.9 Å². The average Bonchev–Trinajstić information content (AvgIpc) is 2.30. The Labute approximate surface area is 99.6 Å². The normalized spacial score (nSPS) is 9.81. The van der Waals surface area contributed by atoms with E-state index >= 15 is 0 Å². The van der Waals surface area contributed by atoms with Crippen LogP contribution in [0.25, 0.3) is 0 Å². The van der Waals surface area contributed by atoms with Gasteiger partial charge in [0.15, 0.2) is 0 Å². The first-order valence-corrected chi connectivity index (χ1v) is 6.19. The van der Waals surface area contributed by atoms with Crippen LogP contribution in [-0.4, -0.2) is 24.5 Å².